The average molecular weight is 260 g/mol. The SMILES string of the molecule is Cc1nc2c(n1C1CCN3CCCC3C1)CCNC2. The molecule has 0 radical (unpaired) electrons. The summed E-state index contributed by atoms with van der Waals surface area (Å²) in [7, 11) is 0. The molecule has 0 aromatic carbocycles. The summed E-state index contributed by atoms with van der Waals surface area (Å²) in [5.74, 6) is 1.24. The summed E-state index contributed by atoms with van der Waals surface area (Å²) in [5, 5.41) is 3.44. The second kappa shape index (κ2) is 4.60. The fourth-order valence-corrected chi connectivity index (χ4v) is 4.39. The number of aromatic nitrogens is 2. The molecule has 2 atom stereocenters. The monoisotopic (exact) mass is 260 g/mol. The summed E-state index contributed by atoms with van der Waals surface area (Å²) in [6.45, 7) is 6.90. The molecule has 1 aromatic heterocycles. The molecule has 2 unspecified atom stereocenters. The van der Waals surface area contributed by atoms with Gasteiger partial charge in [-0.05, 0) is 39.2 Å². The smallest absolute Gasteiger partial charge is 0.106 e. The molecule has 19 heavy (non-hydrogen) atoms. The van der Waals surface area contributed by atoms with Gasteiger partial charge in [-0.15, -0.1) is 0 Å². The molecular weight excluding hydrogens is 236 g/mol. The van der Waals surface area contributed by atoms with Crippen LogP contribution in [-0.4, -0.2) is 40.1 Å². The van der Waals surface area contributed by atoms with E-state index in [0.717, 1.165) is 25.6 Å². The number of piperidine rings is 1. The van der Waals surface area contributed by atoms with Crippen LogP contribution in [0, 0.1) is 6.92 Å². The van der Waals surface area contributed by atoms with Gasteiger partial charge in [0.2, 0.25) is 0 Å². The van der Waals surface area contributed by atoms with Gasteiger partial charge >= 0.3 is 0 Å². The van der Waals surface area contributed by atoms with Gasteiger partial charge in [0.05, 0.1) is 5.69 Å². The van der Waals surface area contributed by atoms with E-state index in [0.29, 0.717) is 6.04 Å². The van der Waals surface area contributed by atoms with Gasteiger partial charge in [0.25, 0.3) is 0 Å². The molecule has 0 aliphatic carbocycles. The van der Waals surface area contributed by atoms with Crippen LogP contribution in [0.3, 0.4) is 0 Å². The van der Waals surface area contributed by atoms with Crippen LogP contribution in [0.5, 0.6) is 0 Å². The van der Waals surface area contributed by atoms with Gasteiger partial charge in [-0.3, -0.25) is 0 Å². The molecule has 1 aromatic rings. The summed E-state index contributed by atoms with van der Waals surface area (Å²) >= 11 is 0. The van der Waals surface area contributed by atoms with Crippen LogP contribution in [0.15, 0.2) is 0 Å². The summed E-state index contributed by atoms with van der Waals surface area (Å²) in [6.07, 6.45) is 6.63. The second-order valence-electron chi connectivity index (χ2n) is 6.36. The van der Waals surface area contributed by atoms with Crippen LogP contribution in [0.25, 0.3) is 0 Å². The lowest BCUT2D eigenvalue weighted by Gasteiger charge is -2.36. The Balaban J connectivity index is 1.63. The molecular formula is C15H24N4. The number of hydrogen-bond acceptors (Lipinski definition) is 3. The molecule has 0 amide bonds. The van der Waals surface area contributed by atoms with Crippen molar-refractivity contribution in [2.24, 2.45) is 0 Å². The Labute approximate surface area is 115 Å². The number of rotatable bonds is 1. The zero-order valence-corrected chi connectivity index (χ0v) is 11.9. The van der Waals surface area contributed by atoms with Crippen molar-refractivity contribution >= 4 is 0 Å². The number of aryl methyl sites for hydroxylation is 1. The Morgan fingerprint density at radius 3 is 3.11 bits per heavy atom. The molecule has 104 valence electrons. The van der Waals surface area contributed by atoms with E-state index in [1.165, 1.54) is 56.0 Å². The largest absolute Gasteiger partial charge is 0.329 e. The maximum absolute atomic E-state index is 4.80. The minimum atomic E-state index is 0.702. The van der Waals surface area contributed by atoms with Gasteiger partial charge in [0, 0.05) is 43.8 Å². The van der Waals surface area contributed by atoms with Crippen LogP contribution < -0.4 is 5.32 Å². The van der Waals surface area contributed by atoms with Crippen LogP contribution in [0.4, 0.5) is 0 Å². The summed E-state index contributed by atoms with van der Waals surface area (Å²) in [6, 6.07) is 1.55. The lowest BCUT2D eigenvalue weighted by atomic mass is 9.96. The first kappa shape index (κ1) is 11.9. The standard InChI is InChI=1S/C15H24N4/c1-11-17-14-10-16-6-4-15(14)19(11)13-5-8-18-7-2-3-12(18)9-13/h12-13,16H,2-10H2,1H3. The zero-order chi connectivity index (χ0) is 12.8. The van der Waals surface area contributed by atoms with E-state index in [4.69, 9.17) is 4.98 Å². The molecule has 3 aliphatic heterocycles. The molecule has 0 saturated carbocycles. The van der Waals surface area contributed by atoms with Gasteiger partial charge in [-0.2, -0.15) is 0 Å². The van der Waals surface area contributed by atoms with E-state index in [9.17, 15) is 0 Å². The van der Waals surface area contributed by atoms with Gasteiger partial charge in [0.15, 0.2) is 0 Å². The normalized spacial score (nSPS) is 31.2. The van der Waals surface area contributed by atoms with Crippen molar-refractivity contribution in [1.29, 1.82) is 0 Å². The molecule has 4 heterocycles. The molecule has 2 saturated heterocycles. The molecule has 4 nitrogen and oxygen atoms in total. The van der Waals surface area contributed by atoms with E-state index in [-0.39, 0.29) is 0 Å². The van der Waals surface area contributed by atoms with Gasteiger partial charge in [-0.1, -0.05) is 0 Å². The van der Waals surface area contributed by atoms with Crippen LogP contribution in [0.2, 0.25) is 0 Å². The molecule has 0 bridgehead atoms. The first-order valence-corrected chi connectivity index (χ1v) is 7.84. The highest BCUT2D eigenvalue weighted by Crippen LogP contribution is 2.35. The number of nitrogens with zero attached hydrogens (tertiary/aromatic N) is 3. The second-order valence-corrected chi connectivity index (χ2v) is 6.36. The molecule has 3 aliphatic rings. The van der Waals surface area contributed by atoms with E-state index < -0.39 is 0 Å². The van der Waals surface area contributed by atoms with Gasteiger partial charge in [0.1, 0.15) is 5.82 Å². The predicted molar refractivity (Wildman–Crippen MR) is 75.2 cm³/mol. The molecule has 0 spiro atoms. The Morgan fingerprint density at radius 2 is 2.16 bits per heavy atom. The van der Waals surface area contributed by atoms with Crippen molar-refractivity contribution in [2.75, 3.05) is 19.6 Å². The van der Waals surface area contributed by atoms with E-state index in [1.54, 1.807) is 0 Å². The number of fused-ring (bicyclic) bond motifs is 2. The maximum atomic E-state index is 4.80. The lowest BCUT2D eigenvalue weighted by molar-refractivity contribution is 0.153. The number of hydrogen-bond donors (Lipinski definition) is 1. The zero-order valence-electron chi connectivity index (χ0n) is 11.9. The minimum Gasteiger partial charge on any atom is -0.329 e. The summed E-state index contributed by atoms with van der Waals surface area (Å²) < 4.78 is 2.59. The van der Waals surface area contributed by atoms with E-state index >= 15 is 0 Å². The molecule has 4 rings (SSSR count). The number of nitrogens with one attached hydrogen (secondary N) is 1. The average Bonchev–Trinajstić information content (AvgIpc) is 3.00. The van der Waals surface area contributed by atoms with Gasteiger partial charge in [-0.25, -0.2) is 4.98 Å². The quantitative estimate of drug-likeness (QED) is 0.833. The third-order valence-corrected chi connectivity index (χ3v) is 5.26. The predicted octanol–water partition coefficient (Wildman–Crippen LogP) is 1.64. The molecule has 1 N–H and O–H groups in total. The fraction of sp³-hybridized carbons (Fsp3) is 0.800. The van der Waals surface area contributed by atoms with Crippen molar-refractivity contribution in [3.63, 3.8) is 0 Å². The third kappa shape index (κ3) is 1.93. The Kier molecular flexibility index (Phi) is 2.88. The van der Waals surface area contributed by atoms with Gasteiger partial charge < -0.3 is 14.8 Å². The maximum Gasteiger partial charge on any atom is 0.106 e. The van der Waals surface area contributed by atoms with Crippen LogP contribution in [0.1, 0.15) is 48.9 Å². The first-order valence-electron chi connectivity index (χ1n) is 7.84. The van der Waals surface area contributed by atoms with Crippen molar-refractivity contribution in [3.8, 4) is 0 Å². The minimum absolute atomic E-state index is 0.702. The van der Waals surface area contributed by atoms with Crippen molar-refractivity contribution < 1.29 is 0 Å². The van der Waals surface area contributed by atoms with E-state index in [2.05, 4.69) is 21.7 Å². The topological polar surface area (TPSA) is 33.1 Å². The van der Waals surface area contributed by atoms with Crippen LogP contribution in [-0.2, 0) is 13.0 Å². The highest BCUT2D eigenvalue weighted by atomic mass is 15.2. The Bertz CT molecular complexity index is 479. The highest BCUT2D eigenvalue weighted by Gasteiger charge is 2.34. The Morgan fingerprint density at radius 1 is 1.21 bits per heavy atom. The molecule has 2 fully saturated rings. The third-order valence-electron chi connectivity index (χ3n) is 5.26. The number of imidazole rings is 1. The van der Waals surface area contributed by atoms with Crippen molar-refractivity contribution in [1.82, 2.24) is 19.8 Å². The van der Waals surface area contributed by atoms with E-state index in [1.807, 2.05) is 0 Å². The lowest BCUT2D eigenvalue weighted by Crippen LogP contribution is -2.39. The van der Waals surface area contributed by atoms with Crippen molar-refractivity contribution in [3.05, 3.63) is 17.2 Å². The van der Waals surface area contributed by atoms with Crippen molar-refractivity contribution in [2.45, 2.75) is 57.7 Å². The first-order chi connectivity index (χ1) is 9.33. The highest BCUT2D eigenvalue weighted by molar-refractivity contribution is 5.21. The van der Waals surface area contributed by atoms with Crippen LogP contribution >= 0.6 is 0 Å². The Hall–Kier alpha value is -0.870. The molecule has 4 heteroatoms. The summed E-state index contributed by atoms with van der Waals surface area (Å²) in [5.41, 5.74) is 2.82. The summed E-state index contributed by atoms with van der Waals surface area (Å²) in [4.78, 5) is 7.50. The fourth-order valence-electron chi connectivity index (χ4n) is 4.39.